The van der Waals surface area contributed by atoms with E-state index in [0.717, 1.165) is 18.3 Å². The number of aromatic nitrogens is 3. The highest BCUT2D eigenvalue weighted by Gasteiger charge is 2.22. The Morgan fingerprint density at radius 2 is 2.15 bits per heavy atom. The molecule has 1 aliphatic heterocycles. The topological polar surface area (TPSA) is 92.5 Å². The van der Waals surface area contributed by atoms with E-state index < -0.39 is 11.6 Å². The van der Waals surface area contributed by atoms with Gasteiger partial charge in [0.25, 0.3) is 0 Å². The molecular formula is C19H16F2N6. The molecule has 0 amide bonds. The molecule has 6 nitrogen and oxygen atoms in total. The second-order valence-corrected chi connectivity index (χ2v) is 6.43. The summed E-state index contributed by atoms with van der Waals surface area (Å²) >= 11 is 0. The van der Waals surface area contributed by atoms with E-state index in [2.05, 4.69) is 21.4 Å². The van der Waals surface area contributed by atoms with Gasteiger partial charge in [-0.05, 0) is 24.6 Å². The first kappa shape index (κ1) is 17.0. The molecule has 1 unspecified atom stereocenters. The van der Waals surface area contributed by atoms with Gasteiger partial charge in [-0.25, -0.2) is 18.7 Å². The number of nitrogens with zero attached hydrogens (tertiary/aromatic N) is 4. The van der Waals surface area contributed by atoms with E-state index in [1.165, 1.54) is 12.1 Å². The van der Waals surface area contributed by atoms with E-state index >= 15 is 0 Å². The highest BCUT2D eigenvalue weighted by atomic mass is 19.1. The summed E-state index contributed by atoms with van der Waals surface area (Å²) < 4.78 is 29.1. The molecule has 136 valence electrons. The maximum absolute atomic E-state index is 14.0. The van der Waals surface area contributed by atoms with Crippen LogP contribution in [0.25, 0.3) is 11.3 Å². The normalized spacial score (nSPS) is 15.8. The molecule has 0 saturated heterocycles. The summed E-state index contributed by atoms with van der Waals surface area (Å²) in [6.45, 7) is 0.609. The van der Waals surface area contributed by atoms with Crippen molar-refractivity contribution in [1.29, 1.82) is 5.26 Å². The first-order chi connectivity index (χ1) is 13.0. The lowest BCUT2D eigenvalue weighted by Crippen LogP contribution is -2.31. The molecule has 0 bridgehead atoms. The standard InChI is InChI=1S/C19H16F2N6/c20-11-1-3-13(15(21)7-11)17-10-27-9-12(2-4-18(27)26-17)25-16-5-6-24-19(23)14(16)8-22/h1,3,5-7,10,12H,2,4,9H2,(H3,23,24,25). The average molecular weight is 366 g/mol. The number of pyridine rings is 1. The predicted molar refractivity (Wildman–Crippen MR) is 96.7 cm³/mol. The van der Waals surface area contributed by atoms with Crippen LogP contribution in [0.2, 0.25) is 0 Å². The summed E-state index contributed by atoms with van der Waals surface area (Å²) in [5.41, 5.74) is 7.47. The fourth-order valence-corrected chi connectivity index (χ4v) is 3.32. The Kier molecular flexibility index (Phi) is 4.20. The van der Waals surface area contributed by atoms with Gasteiger partial charge in [-0.15, -0.1) is 0 Å². The van der Waals surface area contributed by atoms with Crippen molar-refractivity contribution in [2.75, 3.05) is 11.1 Å². The Hall–Kier alpha value is -3.47. The zero-order valence-electron chi connectivity index (χ0n) is 14.3. The van der Waals surface area contributed by atoms with Crippen LogP contribution in [0.5, 0.6) is 0 Å². The van der Waals surface area contributed by atoms with Crippen LogP contribution in [-0.2, 0) is 13.0 Å². The predicted octanol–water partition coefficient (Wildman–Crippen LogP) is 3.10. The Balaban J connectivity index is 1.57. The molecular weight excluding hydrogens is 350 g/mol. The third-order valence-electron chi connectivity index (χ3n) is 4.65. The van der Waals surface area contributed by atoms with Crippen LogP contribution >= 0.6 is 0 Å². The zero-order valence-corrected chi connectivity index (χ0v) is 14.3. The van der Waals surface area contributed by atoms with Crippen LogP contribution in [0, 0.1) is 23.0 Å². The fraction of sp³-hybridized carbons (Fsp3) is 0.211. The zero-order chi connectivity index (χ0) is 19.0. The maximum atomic E-state index is 14.0. The second kappa shape index (κ2) is 6.68. The lowest BCUT2D eigenvalue weighted by Gasteiger charge is -2.26. The van der Waals surface area contributed by atoms with Crippen molar-refractivity contribution in [2.24, 2.45) is 0 Å². The molecule has 0 saturated carbocycles. The van der Waals surface area contributed by atoms with Crippen molar-refractivity contribution >= 4 is 11.5 Å². The third kappa shape index (κ3) is 3.19. The van der Waals surface area contributed by atoms with Crippen molar-refractivity contribution in [2.45, 2.75) is 25.4 Å². The van der Waals surface area contributed by atoms with Crippen LogP contribution < -0.4 is 11.1 Å². The molecule has 3 heterocycles. The van der Waals surface area contributed by atoms with Gasteiger partial charge in [-0.3, -0.25) is 0 Å². The number of nitrogens with two attached hydrogens (primary N) is 1. The van der Waals surface area contributed by atoms with Crippen molar-refractivity contribution in [3.63, 3.8) is 0 Å². The Morgan fingerprint density at radius 1 is 1.30 bits per heavy atom. The number of nitrogen functional groups attached to an aromatic ring is 1. The van der Waals surface area contributed by atoms with Gasteiger partial charge in [0.15, 0.2) is 0 Å². The van der Waals surface area contributed by atoms with Crippen LogP contribution in [0.4, 0.5) is 20.3 Å². The summed E-state index contributed by atoms with van der Waals surface area (Å²) in [6.07, 6.45) is 4.82. The number of anilines is 2. The molecule has 8 heteroatoms. The number of aryl methyl sites for hydroxylation is 1. The smallest absolute Gasteiger partial charge is 0.143 e. The summed E-state index contributed by atoms with van der Waals surface area (Å²) in [5, 5.41) is 12.6. The molecule has 27 heavy (non-hydrogen) atoms. The van der Waals surface area contributed by atoms with E-state index in [-0.39, 0.29) is 17.4 Å². The van der Waals surface area contributed by atoms with Crippen LogP contribution in [-0.4, -0.2) is 20.6 Å². The number of halogens is 2. The van der Waals surface area contributed by atoms with Gasteiger partial charge in [0, 0.05) is 43.0 Å². The number of benzene rings is 1. The number of imidazole rings is 1. The van der Waals surface area contributed by atoms with Crippen LogP contribution in [0.15, 0.2) is 36.7 Å². The monoisotopic (exact) mass is 366 g/mol. The highest BCUT2D eigenvalue weighted by molar-refractivity contribution is 5.66. The van der Waals surface area contributed by atoms with Crippen molar-refractivity contribution < 1.29 is 8.78 Å². The minimum absolute atomic E-state index is 0.0616. The molecule has 0 spiro atoms. The quantitative estimate of drug-likeness (QED) is 0.743. The fourth-order valence-electron chi connectivity index (χ4n) is 3.32. The molecule has 4 rings (SSSR count). The molecule has 3 N–H and O–H groups in total. The highest BCUT2D eigenvalue weighted by Crippen LogP contribution is 2.27. The van der Waals surface area contributed by atoms with Crippen molar-refractivity contribution in [1.82, 2.24) is 14.5 Å². The number of rotatable bonds is 3. The lowest BCUT2D eigenvalue weighted by molar-refractivity contribution is 0.476. The van der Waals surface area contributed by atoms with Gasteiger partial charge < -0.3 is 15.6 Å². The van der Waals surface area contributed by atoms with Gasteiger partial charge >= 0.3 is 0 Å². The molecule has 1 aliphatic rings. The summed E-state index contributed by atoms with van der Waals surface area (Å²) in [7, 11) is 0. The minimum atomic E-state index is -0.633. The summed E-state index contributed by atoms with van der Waals surface area (Å²) in [6, 6.07) is 7.32. The van der Waals surface area contributed by atoms with Gasteiger partial charge in [0.1, 0.15) is 34.9 Å². The lowest BCUT2D eigenvalue weighted by atomic mass is 10.1. The van der Waals surface area contributed by atoms with E-state index in [1.807, 2.05) is 4.57 Å². The third-order valence-corrected chi connectivity index (χ3v) is 4.65. The van der Waals surface area contributed by atoms with Gasteiger partial charge in [-0.1, -0.05) is 0 Å². The number of hydrogen-bond acceptors (Lipinski definition) is 5. The molecule has 2 aromatic heterocycles. The van der Waals surface area contributed by atoms with Crippen LogP contribution in [0.1, 0.15) is 17.8 Å². The Bertz CT molecular complexity index is 1050. The SMILES string of the molecule is N#Cc1c(NC2CCc3nc(-c4ccc(F)cc4F)cn3C2)ccnc1N. The Morgan fingerprint density at radius 3 is 2.93 bits per heavy atom. The van der Waals surface area contributed by atoms with E-state index in [9.17, 15) is 14.0 Å². The number of hydrogen-bond donors (Lipinski definition) is 2. The summed E-state index contributed by atoms with van der Waals surface area (Å²) in [5.74, 6) is -0.210. The van der Waals surface area contributed by atoms with Crippen molar-refractivity contribution in [3.8, 4) is 17.3 Å². The van der Waals surface area contributed by atoms with E-state index in [4.69, 9.17) is 5.73 Å². The molecule has 1 atom stereocenters. The number of nitriles is 1. The first-order valence-electron chi connectivity index (χ1n) is 8.47. The second-order valence-electron chi connectivity index (χ2n) is 6.43. The number of nitrogens with one attached hydrogen (secondary N) is 1. The van der Waals surface area contributed by atoms with Gasteiger partial charge in [0.05, 0.1) is 11.4 Å². The largest absolute Gasteiger partial charge is 0.383 e. The van der Waals surface area contributed by atoms with E-state index in [1.54, 1.807) is 18.5 Å². The Labute approximate surface area is 154 Å². The molecule has 0 radical (unpaired) electrons. The van der Waals surface area contributed by atoms with Gasteiger partial charge in [0.2, 0.25) is 0 Å². The molecule has 3 aromatic rings. The minimum Gasteiger partial charge on any atom is -0.383 e. The average Bonchev–Trinajstić information content (AvgIpc) is 3.05. The summed E-state index contributed by atoms with van der Waals surface area (Å²) in [4.78, 5) is 8.42. The maximum Gasteiger partial charge on any atom is 0.143 e. The molecule has 0 aliphatic carbocycles. The van der Waals surface area contributed by atoms with Crippen molar-refractivity contribution in [3.05, 3.63) is 59.7 Å². The van der Waals surface area contributed by atoms with E-state index in [0.29, 0.717) is 29.9 Å². The van der Waals surface area contributed by atoms with Gasteiger partial charge in [-0.2, -0.15) is 5.26 Å². The molecule has 1 aromatic carbocycles. The van der Waals surface area contributed by atoms with Crippen LogP contribution in [0.3, 0.4) is 0 Å². The number of fused-ring (bicyclic) bond motifs is 1. The molecule has 0 fully saturated rings. The first-order valence-corrected chi connectivity index (χ1v) is 8.47.